The van der Waals surface area contributed by atoms with Gasteiger partial charge in [-0.2, -0.15) is 0 Å². The van der Waals surface area contributed by atoms with Crippen molar-refractivity contribution >= 4 is 0 Å². The zero-order chi connectivity index (χ0) is 10.0. The van der Waals surface area contributed by atoms with E-state index in [4.69, 9.17) is 14.2 Å². The first-order valence-electron chi connectivity index (χ1n) is 4.51. The lowest BCUT2D eigenvalue weighted by Gasteiger charge is -2.41. The Morgan fingerprint density at radius 2 is 1.54 bits per heavy atom. The van der Waals surface area contributed by atoms with Gasteiger partial charge < -0.3 is 19.3 Å². The predicted octanol–water partition coefficient (Wildman–Crippen LogP) is 0.184. The average Bonchev–Trinajstić information content (AvgIpc) is 2.10. The number of hydrogen-bond donors (Lipinski definition) is 1. The van der Waals surface area contributed by atoms with E-state index < -0.39 is 6.10 Å². The van der Waals surface area contributed by atoms with Gasteiger partial charge in [-0.1, -0.05) is 0 Å². The van der Waals surface area contributed by atoms with Crippen LogP contribution in [0.5, 0.6) is 0 Å². The number of hydrogen-bond acceptors (Lipinski definition) is 4. The van der Waals surface area contributed by atoms with Crippen LogP contribution in [0.2, 0.25) is 0 Å². The van der Waals surface area contributed by atoms with Gasteiger partial charge in [-0.15, -0.1) is 0 Å². The molecule has 4 nitrogen and oxygen atoms in total. The van der Waals surface area contributed by atoms with Crippen LogP contribution in [0, 0.1) is 0 Å². The van der Waals surface area contributed by atoms with Gasteiger partial charge in [0.25, 0.3) is 0 Å². The average molecular weight is 190 g/mol. The Kier molecular flexibility index (Phi) is 3.67. The minimum atomic E-state index is -0.619. The normalized spacial score (nSPS) is 46.4. The van der Waals surface area contributed by atoms with E-state index in [2.05, 4.69) is 0 Å². The number of rotatable bonds is 2. The number of ether oxygens (including phenoxy) is 3. The van der Waals surface area contributed by atoms with Crippen LogP contribution in [0.3, 0.4) is 0 Å². The summed E-state index contributed by atoms with van der Waals surface area (Å²) in [5.41, 5.74) is 0. The van der Waals surface area contributed by atoms with E-state index in [-0.39, 0.29) is 24.4 Å². The van der Waals surface area contributed by atoms with Crippen LogP contribution in [0.15, 0.2) is 0 Å². The van der Waals surface area contributed by atoms with Crippen molar-refractivity contribution in [1.82, 2.24) is 0 Å². The summed E-state index contributed by atoms with van der Waals surface area (Å²) in [7, 11) is 3.17. The number of aliphatic hydroxyl groups excluding tert-OH is 1. The largest absolute Gasteiger partial charge is 0.388 e. The summed E-state index contributed by atoms with van der Waals surface area (Å²) in [5.74, 6) is 0. The molecule has 0 aliphatic carbocycles. The molecule has 0 bridgehead atoms. The lowest BCUT2D eigenvalue weighted by Crippen LogP contribution is -2.57. The van der Waals surface area contributed by atoms with Gasteiger partial charge in [-0.3, -0.25) is 0 Å². The summed E-state index contributed by atoms with van der Waals surface area (Å²) >= 11 is 0. The second kappa shape index (κ2) is 4.37. The van der Waals surface area contributed by atoms with Crippen molar-refractivity contribution in [3.63, 3.8) is 0 Å². The van der Waals surface area contributed by atoms with E-state index >= 15 is 0 Å². The second-order valence-electron chi connectivity index (χ2n) is 3.44. The van der Waals surface area contributed by atoms with Gasteiger partial charge >= 0.3 is 0 Å². The SMILES string of the molecule is CO[C@@H]1[C@@H](O)[C@H](C)O[C@@H](C)[C@@H]1OC. The summed E-state index contributed by atoms with van der Waals surface area (Å²) in [6, 6.07) is 0. The molecule has 4 heteroatoms. The van der Waals surface area contributed by atoms with Crippen LogP contribution >= 0.6 is 0 Å². The van der Waals surface area contributed by atoms with Crippen molar-refractivity contribution in [2.45, 2.75) is 44.4 Å². The van der Waals surface area contributed by atoms with Gasteiger partial charge in [0.05, 0.1) is 12.2 Å². The summed E-state index contributed by atoms with van der Waals surface area (Å²) in [6.45, 7) is 3.75. The van der Waals surface area contributed by atoms with Crippen LogP contribution in [-0.2, 0) is 14.2 Å². The molecule has 1 fully saturated rings. The van der Waals surface area contributed by atoms with Gasteiger partial charge in [0.1, 0.15) is 18.3 Å². The molecule has 1 rings (SSSR count). The third-order valence-electron chi connectivity index (χ3n) is 2.58. The van der Waals surface area contributed by atoms with Crippen molar-refractivity contribution in [2.75, 3.05) is 14.2 Å². The zero-order valence-corrected chi connectivity index (χ0v) is 8.56. The molecule has 0 saturated carbocycles. The van der Waals surface area contributed by atoms with Crippen molar-refractivity contribution in [1.29, 1.82) is 0 Å². The maximum atomic E-state index is 9.73. The molecule has 1 N–H and O–H groups in total. The fraction of sp³-hybridized carbons (Fsp3) is 1.00. The molecule has 0 spiro atoms. The van der Waals surface area contributed by atoms with Gasteiger partial charge in [-0.05, 0) is 13.8 Å². The molecule has 0 amide bonds. The quantitative estimate of drug-likeness (QED) is 0.675. The molecule has 0 radical (unpaired) electrons. The van der Waals surface area contributed by atoms with Crippen molar-refractivity contribution in [3.8, 4) is 0 Å². The summed E-state index contributed by atoms with van der Waals surface area (Å²) in [4.78, 5) is 0. The molecular weight excluding hydrogens is 172 g/mol. The number of methoxy groups -OCH3 is 2. The maximum absolute atomic E-state index is 9.73. The minimum Gasteiger partial charge on any atom is -0.388 e. The van der Waals surface area contributed by atoms with E-state index in [1.165, 1.54) is 0 Å². The van der Waals surface area contributed by atoms with Crippen LogP contribution in [0.1, 0.15) is 13.8 Å². The second-order valence-corrected chi connectivity index (χ2v) is 3.44. The fourth-order valence-corrected chi connectivity index (χ4v) is 1.82. The van der Waals surface area contributed by atoms with E-state index in [1.54, 1.807) is 14.2 Å². The molecule has 1 saturated heterocycles. The third kappa shape index (κ3) is 2.02. The Morgan fingerprint density at radius 3 is 2.00 bits per heavy atom. The van der Waals surface area contributed by atoms with Crippen molar-refractivity contribution in [3.05, 3.63) is 0 Å². The lowest BCUT2D eigenvalue weighted by molar-refractivity contribution is -0.226. The fourth-order valence-electron chi connectivity index (χ4n) is 1.82. The van der Waals surface area contributed by atoms with Crippen LogP contribution in [0.4, 0.5) is 0 Å². The Hall–Kier alpha value is -0.160. The molecular formula is C9H18O4. The van der Waals surface area contributed by atoms with Crippen molar-refractivity contribution < 1.29 is 19.3 Å². The lowest BCUT2D eigenvalue weighted by atomic mass is 9.96. The third-order valence-corrected chi connectivity index (χ3v) is 2.58. The topological polar surface area (TPSA) is 47.9 Å². The van der Waals surface area contributed by atoms with E-state index in [9.17, 15) is 5.11 Å². The van der Waals surface area contributed by atoms with Gasteiger partial charge in [-0.25, -0.2) is 0 Å². The predicted molar refractivity (Wildman–Crippen MR) is 47.6 cm³/mol. The molecule has 1 heterocycles. The molecule has 0 unspecified atom stereocenters. The molecule has 1 aliphatic heterocycles. The molecule has 0 aromatic rings. The van der Waals surface area contributed by atoms with E-state index in [0.717, 1.165) is 0 Å². The Labute approximate surface area is 78.8 Å². The smallest absolute Gasteiger partial charge is 0.114 e. The van der Waals surface area contributed by atoms with E-state index in [1.807, 2.05) is 13.8 Å². The first kappa shape index (κ1) is 10.9. The van der Waals surface area contributed by atoms with Gasteiger partial charge in [0.15, 0.2) is 0 Å². The highest BCUT2D eigenvalue weighted by Gasteiger charge is 2.41. The van der Waals surface area contributed by atoms with Crippen molar-refractivity contribution in [2.24, 2.45) is 0 Å². The highest BCUT2D eigenvalue weighted by molar-refractivity contribution is 4.90. The molecule has 0 aromatic heterocycles. The summed E-state index contributed by atoms with van der Waals surface area (Å²) < 4.78 is 15.9. The summed E-state index contributed by atoms with van der Waals surface area (Å²) in [5, 5.41) is 9.73. The number of aliphatic hydroxyl groups is 1. The first-order chi connectivity index (χ1) is 6.11. The highest BCUT2D eigenvalue weighted by atomic mass is 16.6. The Morgan fingerprint density at radius 1 is 1.00 bits per heavy atom. The van der Waals surface area contributed by atoms with E-state index in [0.29, 0.717) is 0 Å². The minimum absolute atomic E-state index is 0.0478. The van der Waals surface area contributed by atoms with Crippen LogP contribution in [-0.4, -0.2) is 49.8 Å². The van der Waals surface area contributed by atoms with Crippen LogP contribution in [0.25, 0.3) is 0 Å². The molecule has 5 atom stereocenters. The Balaban J connectivity index is 2.71. The molecule has 1 aliphatic rings. The van der Waals surface area contributed by atoms with Gasteiger partial charge in [0.2, 0.25) is 0 Å². The molecule has 78 valence electrons. The molecule has 13 heavy (non-hydrogen) atoms. The standard InChI is InChI=1S/C9H18O4/c1-5-7(10)9(12-4)8(11-3)6(2)13-5/h5-10H,1-4H3/t5-,6-,7-,8-,9+/m0/s1. The van der Waals surface area contributed by atoms with Gasteiger partial charge in [0, 0.05) is 14.2 Å². The highest BCUT2D eigenvalue weighted by Crippen LogP contribution is 2.24. The summed E-state index contributed by atoms with van der Waals surface area (Å²) in [6.07, 6.45) is -1.37. The zero-order valence-electron chi connectivity index (χ0n) is 8.56. The Bertz CT molecular complexity index is 162. The monoisotopic (exact) mass is 190 g/mol. The molecule has 0 aromatic carbocycles. The van der Waals surface area contributed by atoms with Crippen LogP contribution < -0.4 is 0 Å². The maximum Gasteiger partial charge on any atom is 0.114 e. The first-order valence-corrected chi connectivity index (χ1v) is 4.51.